The molecule has 0 radical (unpaired) electrons. The van der Waals surface area contributed by atoms with Crippen molar-refractivity contribution in [1.29, 1.82) is 0 Å². The van der Waals surface area contributed by atoms with Gasteiger partial charge in [-0.2, -0.15) is 16.7 Å². The van der Waals surface area contributed by atoms with Crippen LogP contribution >= 0.6 is 16.4 Å². The van der Waals surface area contributed by atoms with Gasteiger partial charge in [-0.25, -0.2) is 0 Å². The quantitative estimate of drug-likeness (QED) is 0.414. The average molecular weight is 388 g/mol. The summed E-state index contributed by atoms with van der Waals surface area (Å²) in [4.78, 5) is 0. The van der Waals surface area contributed by atoms with Crippen LogP contribution in [-0.4, -0.2) is 16.0 Å². The van der Waals surface area contributed by atoms with Gasteiger partial charge in [0.25, 0.3) is 0 Å². The minimum atomic E-state index is 0. The van der Waals surface area contributed by atoms with E-state index < -0.39 is 0 Å². The molecule has 0 N–H and O–H groups in total. The Kier molecular flexibility index (Phi) is 8.79. The standard InChI is InChI=1S/C24H31P2.Li/c1-15-10-17(3)21(18(4)11-15)14-25-23(26-24(7,8)9)22-19(5)12-16(2)13-20(22)6;/h10-13H,1-9H3;/q-1;+1. The molecule has 2 aromatic carbocycles. The van der Waals surface area contributed by atoms with Crippen molar-refractivity contribution >= 4 is 27.2 Å². The minimum absolute atomic E-state index is 0. The maximum absolute atomic E-state index is 3.73. The van der Waals surface area contributed by atoms with Crippen LogP contribution in [-0.2, 0) is 0 Å². The molecule has 0 saturated carbocycles. The fraction of sp³-hybridized carbons (Fsp3) is 0.417. The molecule has 0 amide bonds. The van der Waals surface area contributed by atoms with Crippen LogP contribution < -0.4 is 18.9 Å². The van der Waals surface area contributed by atoms with Crippen molar-refractivity contribution in [2.75, 3.05) is 0 Å². The molecule has 2 aromatic rings. The zero-order valence-corrected chi connectivity index (χ0v) is 20.5. The second-order valence-electron chi connectivity index (χ2n) is 8.38. The van der Waals surface area contributed by atoms with Crippen LogP contribution in [0.15, 0.2) is 24.3 Å². The molecule has 0 aliphatic rings. The summed E-state index contributed by atoms with van der Waals surface area (Å²) < 4.78 is 0. The summed E-state index contributed by atoms with van der Waals surface area (Å²) in [5, 5.41) is 1.68. The summed E-state index contributed by atoms with van der Waals surface area (Å²) in [5.41, 5.74) is 10.7. The van der Waals surface area contributed by atoms with E-state index in [0.717, 1.165) is 0 Å². The van der Waals surface area contributed by atoms with Crippen LogP contribution in [0.4, 0.5) is 0 Å². The summed E-state index contributed by atoms with van der Waals surface area (Å²) in [7, 11) is 2.56. The van der Waals surface area contributed by atoms with Crippen molar-refractivity contribution in [3.8, 4) is 0 Å². The summed E-state index contributed by atoms with van der Waals surface area (Å²) >= 11 is 0. The third kappa shape index (κ3) is 6.74. The Morgan fingerprint density at radius 3 is 1.56 bits per heavy atom. The first-order valence-corrected chi connectivity index (χ1v) is 11.0. The van der Waals surface area contributed by atoms with E-state index in [9.17, 15) is 0 Å². The summed E-state index contributed by atoms with van der Waals surface area (Å²) in [6.07, 6.45) is 0. The van der Waals surface area contributed by atoms with Crippen LogP contribution in [0.1, 0.15) is 65.3 Å². The predicted molar refractivity (Wildman–Crippen MR) is 123 cm³/mol. The van der Waals surface area contributed by atoms with Crippen molar-refractivity contribution in [2.24, 2.45) is 0 Å². The van der Waals surface area contributed by atoms with E-state index in [1.807, 2.05) is 0 Å². The largest absolute Gasteiger partial charge is 1.00 e. The number of hydrogen-bond acceptors (Lipinski definition) is 0. The smallest absolute Gasteiger partial charge is 0.182 e. The van der Waals surface area contributed by atoms with Gasteiger partial charge in [-0.15, -0.1) is 26.1 Å². The van der Waals surface area contributed by atoms with Gasteiger partial charge < -0.3 is 0 Å². The van der Waals surface area contributed by atoms with Gasteiger partial charge in [0.2, 0.25) is 0 Å². The molecular formula is C24H31LiP2. The van der Waals surface area contributed by atoms with Crippen LogP contribution in [0, 0.1) is 41.5 Å². The number of rotatable bonds is 3. The van der Waals surface area contributed by atoms with Crippen LogP contribution in [0.3, 0.4) is 0 Å². The fourth-order valence-electron chi connectivity index (χ4n) is 3.45. The molecule has 0 unspecified atom stereocenters. The van der Waals surface area contributed by atoms with Crippen LogP contribution in [0.5, 0.6) is 0 Å². The number of benzene rings is 2. The number of aryl methyl sites for hydroxylation is 6. The van der Waals surface area contributed by atoms with Crippen molar-refractivity contribution in [3.05, 3.63) is 68.8 Å². The zero-order valence-electron chi connectivity index (χ0n) is 18.7. The average Bonchev–Trinajstić information content (AvgIpc) is 2.42. The minimum Gasteiger partial charge on any atom is -0.182 e. The van der Waals surface area contributed by atoms with Crippen molar-refractivity contribution in [2.45, 2.75) is 67.5 Å². The van der Waals surface area contributed by atoms with Gasteiger partial charge in [0, 0.05) is 10.2 Å². The van der Waals surface area contributed by atoms with E-state index in [1.165, 1.54) is 66.0 Å². The molecule has 0 bridgehead atoms. The van der Waals surface area contributed by atoms with Gasteiger partial charge in [-0.1, -0.05) is 66.1 Å². The monoisotopic (exact) mass is 388 g/mol. The maximum Gasteiger partial charge on any atom is 1.00 e. The molecule has 0 aliphatic heterocycles. The molecule has 0 aliphatic carbocycles. The first-order chi connectivity index (χ1) is 12.0. The Hall–Kier alpha value is -0.623. The van der Waals surface area contributed by atoms with E-state index in [1.54, 1.807) is 0 Å². The van der Waals surface area contributed by atoms with Gasteiger partial charge in [0.15, 0.2) is 0 Å². The van der Waals surface area contributed by atoms with E-state index in [2.05, 4.69) is 92.4 Å². The molecule has 2 rings (SSSR count). The van der Waals surface area contributed by atoms with E-state index >= 15 is 0 Å². The Morgan fingerprint density at radius 2 is 1.15 bits per heavy atom. The van der Waals surface area contributed by atoms with Gasteiger partial charge in [-0.3, -0.25) is 0 Å². The fourth-order valence-corrected chi connectivity index (χ4v) is 6.84. The zero-order chi connectivity index (χ0) is 19.6. The summed E-state index contributed by atoms with van der Waals surface area (Å²) in [6, 6.07) is 9.12. The van der Waals surface area contributed by atoms with Gasteiger partial charge in [-0.05, 0) is 44.4 Å². The molecule has 0 saturated heterocycles. The van der Waals surface area contributed by atoms with Crippen LogP contribution in [0.2, 0.25) is 0 Å². The Labute approximate surface area is 182 Å². The number of hydrogen-bond donors (Lipinski definition) is 0. The van der Waals surface area contributed by atoms with E-state index in [0.29, 0.717) is 0 Å². The SMILES string of the molecule is Cc1cc(C)c([C-]=PC(=PC(C)(C)C)c2c(C)cc(C)cc2C)c(C)c1.[Li+]. The third-order valence-corrected chi connectivity index (χ3v) is 6.77. The van der Waals surface area contributed by atoms with Gasteiger partial charge in [0.1, 0.15) is 0 Å². The molecule has 27 heavy (non-hydrogen) atoms. The Morgan fingerprint density at radius 1 is 0.741 bits per heavy atom. The molecule has 0 heterocycles. The summed E-state index contributed by atoms with van der Waals surface area (Å²) in [6.45, 7) is 20.2. The normalized spacial score (nSPS) is 12.4. The van der Waals surface area contributed by atoms with Crippen molar-refractivity contribution in [3.63, 3.8) is 0 Å². The molecule has 0 atom stereocenters. The van der Waals surface area contributed by atoms with E-state index in [4.69, 9.17) is 0 Å². The second-order valence-corrected chi connectivity index (χ2v) is 11.6. The molecule has 0 aromatic heterocycles. The predicted octanol–water partition coefficient (Wildman–Crippen LogP) is 4.44. The van der Waals surface area contributed by atoms with E-state index in [-0.39, 0.29) is 24.0 Å². The molecule has 3 heteroatoms. The maximum atomic E-state index is 3.73. The molecule has 0 spiro atoms. The van der Waals surface area contributed by atoms with Crippen molar-refractivity contribution in [1.82, 2.24) is 0 Å². The first-order valence-electron chi connectivity index (χ1n) is 9.20. The first kappa shape index (κ1) is 24.4. The topological polar surface area (TPSA) is 0 Å². The molecule has 0 fully saturated rings. The summed E-state index contributed by atoms with van der Waals surface area (Å²) in [5.74, 6) is 3.73. The van der Waals surface area contributed by atoms with Crippen molar-refractivity contribution < 1.29 is 18.9 Å². The Bertz CT molecular complexity index is 838. The molecular weight excluding hydrogens is 357 g/mol. The second kappa shape index (κ2) is 9.73. The van der Waals surface area contributed by atoms with Gasteiger partial charge in [0.05, 0.1) is 0 Å². The Balaban J connectivity index is 0.00000364. The van der Waals surface area contributed by atoms with Gasteiger partial charge >= 0.3 is 18.9 Å². The third-order valence-electron chi connectivity index (χ3n) is 4.29. The molecule has 0 nitrogen and oxygen atoms in total. The molecule has 138 valence electrons. The van der Waals surface area contributed by atoms with Crippen LogP contribution in [0.25, 0.3) is 0 Å².